The number of hydrogen-bond donors (Lipinski definition) is 3. The Hall–Kier alpha value is -1.66. The first-order valence-electron chi connectivity index (χ1n) is 5.69. The first-order chi connectivity index (χ1) is 8.23. The summed E-state index contributed by atoms with van der Waals surface area (Å²) < 4.78 is 1.56. The first-order valence-corrected chi connectivity index (χ1v) is 5.69. The second-order valence-corrected chi connectivity index (χ2v) is 4.42. The summed E-state index contributed by atoms with van der Waals surface area (Å²) >= 11 is 0. The molecule has 1 saturated heterocycles. The zero-order chi connectivity index (χ0) is 11.9. The molecule has 0 aliphatic carbocycles. The van der Waals surface area contributed by atoms with Crippen molar-refractivity contribution in [3.63, 3.8) is 0 Å². The van der Waals surface area contributed by atoms with Gasteiger partial charge in [0.2, 0.25) is 0 Å². The number of carbonyl (C=O) groups excluding carboxylic acids is 1. The standard InChI is InChI=1S/C11H14N4O2/c16-9-3-1-2-8-10(17)14-11(15(8)9)6-12-4-5-13-7-11/h1-3,12-13H,4-7H2,(H,14,17). The van der Waals surface area contributed by atoms with Crippen LogP contribution in [0.2, 0.25) is 0 Å². The van der Waals surface area contributed by atoms with Crippen molar-refractivity contribution in [2.75, 3.05) is 26.2 Å². The molecular formula is C11H14N4O2. The highest BCUT2D eigenvalue weighted by atomic mass is 16.2. The summed E-state index contributed by atoms with van der Waals surface area (Å²) in [5.74, 6) is -0.187. The van der Waals surface area contributed by atoms with Gasteiger partial charge in [-0.05, 0) is 6.07 Å². The molecule has 1 amide bonds. The Morgan fingerprint density at radius 1 is 1.12 bits per heavy atom. The normalized spacial score (nSPS) is 22.0. The van der Waals surface area contributed by atoms with E-state index in [0.29, 0.717) is 18.8 Å². The van der Waals surface area contributed by atoms with Gasteiger partial charge in [-0.3, -0.25) is 14.2 Å². The smallest absolute Gasteiger partial charge is 0.269 e. The Kier molecular flexibility index (Phi) is 2.27. The number of fused-ring (bicyclic) bond motifs is 2. The number of nitrogens with zero attached hydrogens (tertiary/aromatic N) is 1. The van der Waals surface area contributed by atoms with Crippen LogP contribution in [0.1, 0.15) is 10.5 Å². The van der Waals surface area contributed by atoms with Crippen LogP contribution in [0.3, 0.4) is 0 Å². The van der Waals surface area contributed by atoms with Crippen LogP contribution in [0.4, 0.5) is 0 Å². The summed E-state index contributed by atoms with van der Waals surface area (Å²) in [7, 11) is 0. The predicted molar refractivity (Wildman–Crippen MR) is 61.9 cm³/mol. The van der Waals surface area contributed by atoms with Crippen LogP contribution < -0.4 is 21.5 Å². The lowest BCUT2D eigenvalue weighted by atomic mass is 10.1. The molecule has 6 heteroatoms. The predicted octanol–water partition coefficient (Wildman–Crippen LogP) is -1.56. The molecule has 0 aromatic carbocycles. The monoisotopic (exact) mass is 234 g/mol. The van der Waals surface area contributed by atoms with Crippen LogP contribution in [0, 0.1) is 0 Å². The largest absolute Gasteiger partial charge is 0.325 e. The number of amides is 1. The van der Waals surface area contributed by atoms with Crippen LogP contribution >= 0.6 is 0 Å². The third-order valence-corrected chi connectivity index (χ3v) is 3.27. The van der Waals surface area contributed by atoms with Gasteiger partial charge in [0.25, 0.3) is 11.5 Å². The summed E-state index contributed by atoms with van der Waals surface area (Å²) in [6, 6.07) is 4.77. The second kappa shape index (κ2) is 3.68. The summed E-state index contributed by atoms with van der Waals surface area (Å²) in [4.78, 5) is 23.8. The molecule has 2 aliphatic heterocycles. The molecule has 17 heavy (non-hydrogen) atoms. The highest BCUT2D eigenvalue weighted by Gasteiger charge is 2.43. The molecule has 0 bridgehead atoms. The van der Waals surface area contributed by atoms with Crippen LogP contribution in [-0.4, -0.2) is 36.7 Å². The molecular weight excluding hydrogens is 220 g/mol. The first kappa shape index (κ1) is 10.5. The highest BCUT2D eigenvalue weighted by molar-refractivity contribution is 5.95. The molecule has 0 atom stereocenters. The van der Waals surface area contributed by atoms with Gasteiger partial charge in [-0.2, -0.15) is 0 Å². The molecule has 0 saturated carbocycles. The Morgan fingerprint density at radius 3 is 2.53 bits per heavy atom. The lowest BCUT2D eigenvalue weighted by molar-refractivity contribution is 0.0919. The van der Waals surface area contributed by atoms with Crippen molar-refractivity contribution >= 4 is 5.91 Å². The molecule has 90 valence electrons. The topological polar surface area (TPSA) is 75.2 Å². The van der Waals surface area contributed by atoms with Crippen LogP contribution in [-0.2, 0) is 5.66 Å². The number of hydrogen-bond acceptors (Lipinski definition) is 4. The van der Waals surface area contributed by atoms with Gasteiger partial charge in [-0.25, -0.2) is 0 Å². The molecule has 1 aromatic heterocycles. The summed E-state index contributed by atoms with van der Waals surface area (Å²) in [5, 5.41) is 9.38. The van der Waals surface area contributed by atoms with E-state index < -0.39 is 5.66 Å². The minimum Gasteiger partial charge on any atom is -0.325 e. The fraction of sp³-hybridized carbons (Fsp3) is 0.455. The summed E-state index contributed by atoms with van der Waals surface area (Å²) in [5.41, 5.74) is -0.379. The van der Waals surface area contributed by atoms with Crippen molar-refractivity contribution in [1.82, 2.24) is 20.5 Å². The van der Waals surface area contributed by atoms with Crippen LogP contribution in [0.5, 0.6) is 0 Å². The SMILES string of the molecule is O=C1NC2(CNCCNC2)n2c1cccc2=O. The maximum absolute atomic E-state index is 12.0. The van der Waals surface area contributed by atoms with Gasteiger partial charge >= 0.3 is 0 Å². The zero-order valence-corrected chi connectivity index (χ0v) is 9.32. The van der Waals surface area contributed by atoms with Crippen molar-refractivity contribution in [3.05, 3.63) is 34.2 Å². The number of pyridine rings is 1. The van der Waals surface area contributed by atoms with E-state index in [1.165, 1.54) is 6.07 Å². The van der Waals surface area contributed by atoms with Gasteiger partial charge in [0.15, 0.2) is 0 Å². The number of rotatable bonds is 0. The molecule has 0 unspecified atom stereocenters. The highest BCUT2D eigenvalue weighted by Crippen LogP contribution is 2.20. The van der Waals surface area contributed by atoms with E-state index in [2.05, 4.69) is 16.0 Å². The lowest BCUT2D eigenvalue weighted by Crippen LogP contribution is -2.57. The quantitative estimate of drug-likeness (QED) is 0.507. The van der Waals surface area contributed by atoms with Gasteiger partial charge in [0, 0.05) is 32.2 Å². The maximum Gasteiger partial charge on any atom is 0.269 e. The molecule has 1 aromatic rings. The maximum atomic E-state index is 12.0. The number of aromatic nitrogens is 1. The average molecular weight is 234 g/mol. The van der Waals surface area contributed by atoms with Crippen molar-refractivity contribution in [2.45, 2.75) is 5.66 Å². The van der Waals surface area contributed by atoms with Crippen molar-refractivity contribution in [1.29, 1.82) is 0 Å². The van der Waals surface area contributed by atoms with E-state index in [1.807, 2.05) is 0 Å². The molecule has 1 fully saturated rings. The van der Waals surface area contributed by atoms with E-state index in [9.17, 15) is 9.59 Å². The van der Waals surface area contributed by atoms with E-state index in [1.54, 1.807) is 16.7 Å². The summed E-state index contributed by atoms with van der Waals surface area (Å²) in [6.45, 7) is 2.77. The Balaban J connectivity index is 2.16. The minimum atomic E-state index is -0.665. The molecule has 1 spiro atoms. The molecule has 3 N–H and O–H groups in total. The third kappa shape index (κ3) is 1.49. The molecule has 2 aliphatic rings. The number of carbonyl (C=O) groups is 1. The second-order valence-electron chi connectivity index (χ2n) is 4.42. The average Bonchev–Trinajstić information content (AvgIpc) is 2.49. The zero-order valence-electron chi connectivity index (χ0n) is 9.32. The summed E-state index contributed by atoms with van der Waals surface area (Å²) in [6.07, 6.45) is 0. The van der Waals surface area contributed by atoms with E-state index in [0.717, 1.165) is 13.1 Å². The Morgan fingerprint density at radius 2 is 1.82 bits per heavy atom. The Bertz CT molecular complexity index is 514. The van der Waals surface area contributed by atoms with Crippen molar-refractivity contribution in [2.24, 2.45) is 0 Å². The van der Waals surface area contributed by atoms with E-state index in [4.69, 9.17) is 0 Å². The fourth-order valence-electron chi connectivity index (χ4n) is 2.52. The minimum absolute atomic E-state index is 0.147. The van der Waals surface area contributed by atoms with Crippen LogP contribution in [0.15, 0.2) is 23.0 Å². The van der Waals surface area contributed by atoms with Gasteiger partial charge in [-0.1, -0.05) is 6.07 Å². The fourth-order valence-corrected chi connectivity index (χ4v) is 2.52. The molecule has 3 heterocycles. The lowest BCUT2D eigenvalue weighted by Gasteiger charge is -2.29. The van der Waals surface area contributed by atoms with Gasteiger partial charge in [0.1, 0.15) is 11.4 Å². The van der Waals surface area contributed by atoms with E-state index >= 15 is 0 Å². The van der Waals surface area contributed by atoms with Crippen molar-refractivity contribution in [3.8, 4) is 0 Å². The van der Waals surface area contributed by atoms with Gasteiger partial charge < -0.3 is 16.0 Å². The van der Waals surface area contributed by atoms with Gasteiger partial charge in [0.05, 0.1) is 0 Å². The Labute approximate surface area is 98.0 Å². The van der Waals surface area contributed by atoms with Gasteiger partial charge in [-0.15, -0.1) is 0 Å². The molecule has 6 nitrogen and oxygen atoms in total. The van der Waals surface area contributed by atoms with Crippen molar-refractivity contribution < 1.29 is 4.79 Å². The number of nitrogens with one attached hydrogen (secondary N) is 3. The van der Waals surface area contributed by atoms with Crippen LogP contribution in [0.25, 0.3) is 0 Å². The third-order valence-electron chi connectivity index (χ3n) is 3.27. The molecule has 0 radical (unpaired) electrons. The van der Waals surface area contributed by atoms with E-state index in [-0.39, 0.29) is 11.5 Å². The molecule has 3 rings (SSSR count).